The minimum Gasteiger partial charge on any atom is -0.384 e. The van der Waals surface area contributed by atoms with Crippen LogP contribution in [0.3, 0.4) is 0 Å². The average molecular weight is 162 g/mol. The van der Waals surface area contributed by atoms with Crippen molar-refractivity contribution in [1.82, 2.24) is 14.8 Å². The largest absolute Gasteiger partial charge is 0.384 e. The fourth-order valence-corrected chi connectivity index (χ4v) is 1.00. The maximum Gasteiger partial charge on any atom is 0.227 e. The number of nitrogens with one attached hydrogen (secondary N) is 1. The van der Waals surface area contributed by atoms with Crippen molar-refractivity contribution in [3.8, 4) is 6.07 Å². The van der Waals surface area contributed by atoms with Crippen molar-refractivity contribution in [2.24, 2.45) is 5.73 Å². The topological polar surface area (TPSA) is 92.6 Å². The molecule has 1 aliphatic heterocycles. The summed E-state index contributed by atoms with van der Waals surface area (Å²) in [6.07, 6.45) is 1.41. The smallest absolute Gasteiger partial charge is 0.227 e. The predicted octanol–water partition coefficient (Wildman–Crippen LogP) is -0.603. The van der Waals surface area contributed by atoms with Crippen LogP contribution < -0.4 is 11.1 Å². The van der Waals surface area contributed by atoms with Crippen molar-refractivity contribution in [2.45, 2.75) is 6.54 Å². The van der Waals surface area contributed by atoms with E-state index >= 15 is 0 Å². The minimum atomic E-state index is 0.359. The molecule has 0 radical (unpaired) electrons. The molecule has 2 heterocycles. The van der Waals surface area contributed by atoms with E-state index in [0.717, 1.165) is 0 Å². The zero-order valence-corrected chi connectivity index (χ0v) is 6.15. The molecule has 1 aromatic rings. The van der Waals surface area contributed by atoms with Crippen LogP contribution in [-0.2, 0) is 6.54 Å². The molecule has 0 amide bonds. The summed E-state index contributed by atoms with van der Waals surface area (Å²) >= 11 is 0. The Morgan fingerprint density at radius 2 is 2.58 bits per heavy atom. The Balaban J connectivity index is 2.42. The third-order valence-electron chi connectivity index (χ3n) is 1.63. The van der Waals surface area contributed by atoms with Gasteiger partial charge in [0.05, 0.1) is 12.1 Å². The standard InChI is InChI=1S/C6H6N6/c7-1-4-2-12-6(9-3-10-12)11-5(4)8/h3H,2,8H2,(H,9,10,11). The van der Waals surface area contributed by atoms with Crippen molar-refractivity contribution in [2.75, 3.05) is 5.32 Å². The zero-order chi connectivity index (χ0) is 8.55. The lowest BCUT2D eigenvalue weighted by Gasteiger charge is -2.14. The fourth-order valence-electron chi connectivity index (χ4n) is 1.00. The van der Waals surface area contributed by atoms with Gasteiger partial charge in [-0.15, -0.1) is 0 Å². The molecule has 12 heavy (non-hydrogen) atoms. The van der Waals surface area contributed by atoms with Crippen molar-refractivity contribution >= 4 is 5.95 Å². The molecule has 0 saturated carbocycles. The SMILES string of the molecule is N#CC1=C(N)Nc2ncnn2C1. The summed E-state index contributed by atoms with van der Waals surface area (Å²) in [7, 11) is 0. The van der Waals surface area contributed by atoms with E-state index in [-0.39, 0.29) is 0 Å². The molecule has 2 rings (SSSR count). The number of allylic oxidation sites excluding steroid dienone is 1. The van der Waals surface area contributed by atoms with Crippen LogP contribution >= 0.6 is 0 Å². The maximum atomic E-state index is 8.64. The van der Waals surface area contributed by atoms with Crippen molar-refractivity contribution < 1.29 is 0 Å². The van der Waals surface area contributed by atoms with Crippen LogP contribution in [0.25, 0.3) is 0 Å². The number of nitriles is 1. The number of fused-ring (bicyclic) bond motifs is 1. The van der Waals surface area contributed by atoms with Crippen LogP contribution in [-0.4, -0.2) is 14.8 Å². The molecular weight excluding hydrogens is 156 g/mol. The fraction of sp³-hybridized carbons (Fsp3) is 0.167. The molecule has 6 heteroatoms. The first-order valence-corrected chi connectivity index (χ1v) is 3.35. The molecule has 0 spiro atoms. The van der Waals surface area contributed by atoms with Gasteiger partial charge in [-0.1, -0.05) is 0 Å². The summed E-state index contributed by atoms with van der Waals surface area (Å²) in [5.74, 6) is 0.935. The van der Waals surface area contributed by atoms with Gasteiger partial charge in [-0.05, 0) is 0 Å². The van der Waals surface area contributed by atoms with Gasteiger partial charge in [0.25, 0.3) is 0 Å². The quantitative estimate of drug-likeness (QED) is 0.531. The molecule has 0 aromatic carbocycles. The number of nitrogens with zero attached hydrogens (tertiary/aromatic N) is 4. The van der Waals surface area contributed by atoms with E-state index in [9.17, 15) is 0 Å². The van der Waals surface area contributed by atoms with E-state index in [2.05, 4.69) is 15.4 Å². The lowest BCUT2D eigenvalue weighted by atomic mass is 10.2. The van der Waals surface area contributed by atoms with E-state index in [1.807, 2.05) is 6.07 Å². The highest BCUT2D eigenvalue weighted by Crippen LogP contribution is 2.14. The second-order valence-electron chi connectivity index (χ2n) is 2.37. The highest BCUT2D eigenvalue weighted by Gasteiger charge is 2.15. The Morgan fingerprint density at radius 1 is 1.75 bits per heavy atom. The van der Waals surface area contributed by atoms with Gasteiger partial charge >= 0.3 is 0 Å². The second-order valence-corrected chi connectivity index (χ2v) is 2.37. The summed E-state index contributed by atoms with van der Waals surface area (Å²) < 4.78 is 1.58. The maximum absolute atomic E-state index is 8.64. The van der Waals surface area contributed by atoms with Crippen LogP contribution in [0.2, 0.25) is 0 Å². The van der Waals surface area contributed by atoms with Crippen LogP contribution in [0.1, 0.15) is 0 Å². The van der Waals surface area contributed by atoms with Crippen molar-refractivity contribution in [1.29, 1.82) is 5.26 Å². The number of aromatic nitrogens is 3. The second kappa shape index (κ2) is 2.23. The van der Waals surface area contributed by atoms with Gasteiger partial charge in [-0.2, -0.15) is 15.3 Å². The molecular formula is C6H6N6. The van der Waals surface area contributed by atoms with E-state index in [0.29, 0.717) is 23.9 Å². The van der Waals surface area contributed by atoms with Gasteiger partial charge in [-0.3, -0.25) is 0 Å². The molecule has 3 N–H and O–H groups in total. The van der Waals surface area contributed by atoms with Gasteiger partial charge in [0.15, 0.2) is 0 Å². The normalized spacial score (nSPS) is 14.9. The van der Waals surface area contributed by atoms with Gasteiger partial charge in [0.1, 0.15) is 18.2 Å². The Morgan fingerprint density at radius 3 is 3.33 bits per heavy atom. The monoisotopic (exact) mass is 162 g/mol. The molecule has 0 unspecified atom stereocenters. The van der Waals surface area contributed by atoms with Crippen LogP contribution in [0.15, 0.2) is 17.7 Å². The number of nitrogens with two attached hydrogens (primary N) is 1. The van der Waals surface area contributed by atoms with Gasteiger partial charge < -0.3 is 11.1 Å². The molecule has 60 valence electrons. The molecule has 0 atom stereocenters. The molecule has 0 bridgehead atoms. The van der Waals surface area contributed by atoms with Crippen LogP contribution in [0, 0.1) is 11.3 Å². The Labute approximate surface area is 68.3 Å². The average Bonchev–Trinajstić information content (AvgIpc) is 2.49. The van der Waals surface area contributed by atoms with E-state index in [4.69, 9.17) is 11.0 Å². The molecule has 0 fully saturated rings. The first-order chi connectivity index (χ1) is 5.81. The van der Waals surface area contributed by atoms with Gasteiger partial charge in [0, 0.05) is 0 Å². The lowest BCUT2D eigenvalue weighted by Crippen LogP contribution is -2.23. The van der Waals surface area contributed by atoms with Crippen LogP contribution in [0.5, 0.6) is 0 Å². The number of hydrogen-bond donors (Lipinski definition) is 2. The highest BCUT2D eigenvalue weighted by atomic mass is 15.4. The predicted molar refractivity (Wildman–Crippen MR) is 40.5 cm³/mol. The zero-order valence-electron chi connectivity index (χ0n) is 6.15. The highest BCUT2D eigenvalue weighted by molar-refractivity contribution is 5.43. The first kappa shape index (κ1) is 6.67. The van der Waals surface area contributed by atoms with Gasteiger partial charge in [-0.25, -0.2) is 4.68 Å². The minimum absolute atomic E-state index is 0.359. The lowest BCUT2D eigenvalue weighted by molar-refractivity contribution is 0.673. The van der Waals surface area contributed by atoms with E-state index < -0.39 is 0 Å². The van der Waals surface area contributed by atoms with Crippen molar-refractivity contribution in [3.05, 3.63) is 17.7 Å². The van der Waals surface area contributed by atoms with Gasteiger partial charge in [0.2, 0.25) is 5.95 Å². The summed E-state index contributed by atoms with van der Waals surface area (Å²) in [6, 6.07) is 1.99. The summed E-state index contributed by atoms with van der Waals surface area (Å²) in [6.45, 7) is 0.394. The third-order valence-corrected chi connectivity index (χ3v) is 1.63. The van der Waals surface area contributed by atoms with E-state index in [1.165, 1.54) is 6.33 Å². The molecule has 6 nitrogen and oxygen atoms in total. The number of hydrogen-bond acceptors (Lipinski definition) is 5. The summed E-state index contributed by atoms with van der Waals surface area (Å²) in [5.41, 5.74) is 6.01. The van der Waals surface area contributed by atoms with Crippen LogP contribution in [0.4, 0.5) is 5.95 Å². The summed E-state index contributed by atoms with van der Waals surface area (Å²) in [5, 5.41) is 15.3. The number of anilines is 1. The summed E-state index contributed by atoms with van der Waals surface area (Å²) in [4.78, 5) is 3.89. The van der Waals surface area contributed by atoms with Crippen molar-refractivity contribution in [3.63, 3.8) is 0 Å². The molecule has 0 aliphatic carbocycles. The molecule has 1 aromatic heterocycles. The molecule has 0 saturated heterocycles. The Kier molecular flexibility index (Phi) is 1.24. The van der Waals surface area contributed by atoms with E-state index in [1.54, 1.807) is 4.68 Å². The molecule has 1 aliphatic rings. The Hall–Kier alpha value is -2.03. The Bertz CT molecular complexity index is 381. The first-order valence-electron chi connectivity index (χ1n) is 3.35. The number of rotatable bonds is 0. The third kappa shape index (κ3) is 0.802.